The van der Waals surface area contributed by atoms with Crippen LogP contribution in [0, 0.1) is 13.8 Å². The van der Waals surface area contributed by atoms with Gasteiger partial charge in [0.05, 0.1) is 17.6 Å². The highest BCUT2D eigenvalue weighted by Gasteiger charge is 2.30. The predicted molar refractivity (Wildman–Crippen MR) is 86.1 cm³/mol. The number of aromatic nitrogens is 4. The zero-order valence-electron chi connectivity index (χ0n) is 14.1. The van der Waals surface area contributed by atoms with Gasteiger partial charge in [0, 0.05) is 13.2 Å². The van der Waals surface area contributed by atoms with Gasteiger partial charge in [-0.1, -0.05) is 0 Å². The van der Waals surface area contributed by atoms with Gasteiger partial charge in [0.1, 0.15) is 5.56 Å². The van der Waals surface area contributed by atoms with Gasteiger partial charge in [0.25, 0.3) is 11.5 Å². The van der Waals surface area contributed by atoms with E-state index in [0.717, 1.165) is 4.68 Å². The molecule has 0 atom stereocenters. The lowest BCUT2D eigenvalue weighted by Gasteiger charge is -2.19. The third-order valence-corrected chi connectivity index (χ3v) is 3.89. The van der Waals surface area contributed by atoms with Crippen molar-refractivity contribution in [2.75, 3.05) is 5.32 Å². The Bertz CT molecular complexity index is 878. The van der Waals surface area contributed by atoms with Gasteiger partial charge in [0.2, 0.25) is 0 Å². The van der Waals surface area contributed by atoms with E-state index in [0.29, 0.717) is 16.9 Å². The summed E-state index contributed by atoms with van der Waals surface area (Å²) >= 11 is 0. The normalized spacial score (nSPS) is 11.4. The van der Waals surface area contributed by atoms with Crippen molar-refractivity contribution in [1.29, 1.82) is 0 Å². The second-order valence-electron chi connectivity index (χ2n) is 6.01. The molecule has 9 nitrogen and oxygen atoms in total. The van der Waals surface area contributed by atoms with Crippen LogP contribution < -0.4 is 10.9 Å². The van der Waals surface area contributed by atoms with E-state index in [4.69, 9.17) is 0 Å². The first kappa shape index (κ1) is 17.4. The van der Waals surface area contributed by atoms with E-state index in [-0.39, 0.29) is 5.56 Å². The average molecular weight is 333 g/mol. The van der Waals surface area contributed by atoms with Crippen molar-refractivity contribution in [2.24, 2.45) is 7.05 Å². The number of hydrogen-bond acceptors (Lipinski definition) is 5. The molecule has 0 aliphatic heterocycles. The second-order valence-corrected chi connectivity index (χ2v) is 6.01. The molecule has 0 saturated heterocycles. The van der Waals surface area contributed by atoms with Gasteiger partial charge in [-0.3, -0.25) is 14.3 Å². The molecule has 2 aromatic heterocycles. The first-order valence-corrected chi connectivity index (χ1v) is 7.20. The minimum absolute atomic E-state index is 0.00440. The van der Waals surface area contributed by atoms with Crippen LogP contribution in [0.3, 0.4) is 0 Å². The molecule has 2 heterocycles. The number of carboxylic acid groups (broad SMARTS) is 1. The van der Waals surface area contributed by atoms with Crippen LogP contribution >= 0.6 is 0 Å². The molecular weight excluding hydrogens is 314 g/mol. The Hall–Kier alpha value is -2.97. The number of rotatable bonds is 4. The molecule has 2 N–H and O–H groups in total. The van der Waals surface area contributed by atoms with Crippen LogP contribution in [0.5, 0.6) is 0 Å². The number of nitrogens with one attached hydrogen (secondary N) is 1. The van der Waals surface area contributed by atoms with Crippen molar-refractivity contribution >= 4 is 17.6 Å². The lowest BCUT2D eigenvalue weighted by molar-refractivity contribution is -0.146. The summed E-state index contributed by atoms with van der Waals surface area (Å²) in [6.07, 6.45) is 2.73. The van der Waals surface area contributed by atoms with Gasteiger partial charge in [-0.05, 0) is 33.3 Å². The lowest BCUT2D eigenvalue weighted by Crippen LogP contribution is -2.36. The molecule has 0 fully saturated rings. The number of carboxylic acids is 1. The summed E-state index contributed by atoms with van der Waals surface area (Å²) in [5.74, 6) is -1.65. The van der Waals surface area contributed by atoms with E-state index in [2.05, 4.69) is 15.5 Å². The lowest BCUT2D eigenvalue weighted by atomic mass is 10.1. The molecule has 9 heteroatoms. The standard InChI is InChI=1S/C15H19N5O4/c1-8-9(2)18-19(5)13(22)11(8)12(21)17-10-6-16-20(7-10)15(3,4)14(23)24/h6-7H,1-5H3,(H,17,21)(H,23,24). The van der Waals surface area contributed by atoms with Crippen LogP contribution in [0.15, 0.2) is 17.2 Å². The van der Waals surface area contributed by atoms with Crippen molar-refractivity contribution in [2.45, 2.75) is 33.2 Å². The highest BCUT2D eigenvalue weighted by atomic mass is 16.4. The minimum Gasteiger partial charge on any atom is -0.479 e. The summed E-state index contributed by atoms with van der Waals surface area (Å²) in [5, 5.41) is 19.8. The van der Waals surface area contributed by atoms with Crippen molar-refractivity contribution in [1.82, 2.24) is 19.6 Å². The Morgan fingerprint density at radius 2 is 1.92 bits per heavy atom. The van der Waals surface area contributed by atoms with Gasteiger partial charge >= 0.3 is 5.97 Å². The largest absolute Gasteiger partial charge is 0.479 e. The number of amides is 1. The highest BCUT2D eigenvalue weighted by molar-refractivity contribution is 6.05. The van der Waals surface area contributed by atoms with Gasteiger partial charge in [0.15, 0.2) is 5.54 Å². The van der Waals surface area contributed by atoms with E-state index in [1.54, 1.807) is 13.8 Å². The first-order chi connectivity index (χ1) is 11.1. The SMILES string of the molecule is Cc1nn(C)c(=O)c(C(=O)Nc2cnn(C(C)(C)C(=O)O)c2)c1C. The van der Waals surface area contributed by atoms with E-state index in [1.807, 2.05) is 0 Å². The molecule has 0 unspecified atom stereocenters. The molecule has 128 valence electrons. The van der Waals surface area contributed by atoms with E-state index >= 15 is 0 Å². The van der Waals surface area contributed by atoms with Gasteiger partial charge in [-0.25, -0.2) is 9.48 Å². The fourth-order valence-corrected chi connectivity index (χ4v) is 2.10. The maximum Gasteiger partial charge on any atom is 0.331 e. The topological polar surface area (TPSA) is 119 Å². The summed E-state index contributed by atoms with van der Waals surface area (Å²) in [4.78, 5) is 35.9. The van der Waals surface area contributed by atoms with Crippen molar-refractivity contribution in [3.8, 4) is 0 Å². The number of hydrogen-bond donors (Lipinski definition) is 2. The fourth-order valence-electron chi connectivity index (χ4n) is 2.10. The molecule has 2 rings (SSSR count). The van der Waals surface area contributed by atoms with E-state index in [9.17, 15) is 19.5 Å². The Morgan fingerprint density at radius 3 is 2.50 bits per heavy atom. The van der Waals surface area contributed by atoms with Gasteiger partial charge in [-0.15, -0.1) is 0 Å². The zero-order chi connectivity index (χ0) is 18.2. The average Bonchev–Trinajstić information content (AvgIpc) is 2.94. The quantitative estimate of drug-likeness (QED) is 0.848. The molecule has 0 spiro atoms. The summed E-state index contributed by atoms with van der Waals surface area (Å²) < 4.78 is 2.34. The molecule has 24 heavy (non-hydrogen) atoms. The fraction of sp³-hybridized carbons (Fsp3) is 0.400. The van der Waals surface area contributed by atoms with Crippen molar-refractivity contribution < 1.29 is 14.7 Å². The molecule has 0 saturated carbocycles. The van der Waals surface area contributed by atoms with Crippen LogP contribution in [0.1, 0.15) is 35.5 Å². The van der Waals surface area contributed by atoms with E-state index < -0.39 is 23.0 Å². The smallest absolute Gasteiger partial charge is 0.331 e. The van der Waals surface area contributed by atoms with Crippen LogP contribution in [0.4, 0.5) is 5.69 Å². The number of nitrogens with zero attached hydrogens (tertiary/aromatic N) is 4. The first-order valence-electron chi connectivity index (χ1n) is 7.20. The summed E-state index contributed by atoms with van der Waals surface area (Å²) in [6, 6.07) is 0. The monoisotopic (exact) mass is 333 g/mol. The van der Waals surface area contributed by atoms with Crippen LogP contribution in [-0.4, -0.2) is 36.5 Å². The maximum absolute atomic E-state index is 12.4. The molecule has 2 aromatic rings. The number of carbonyl (C=O) groups is 2. The van der Waals surface area contributed by atoms with E-state index in [1.165, 1.54) is 38.0 Å². The predicted octanol–water partition coefficient (Wildman–Crippen LogP) is 0.666. The number of aryl methyl sites for hydroxylation is 2. The number of aliphatic carboxylic acids is 1. The minimum atomic E-state index is -1.26. The molecule has 0 aliphatic carbocycles. The summed E-state index contributed by atoms with van der Waals surface area (Å²) in [6.45, 7) is 6.33. The highest BCUT2D eigenvalue weighted by Crippen LogP contribution is 2.18. The third-order valence-electron chi connectivity index (χ3n) is 3.89. The van der Waals surface area contributed by atoms with Crippen LogP contribution in [0.2, 0.25) is 0 Å². The van der Waals surface area contributed by atoms with Crippen molar-refractivity contribution in [3.05, 3.63) is 39.6 Å². The van der Waals surface area contributed by atoms with Crippen LogP contribution in [0.25, 0.3) is 0 Å². The molecule has 1 amide bonds. The molecule has 0 bridgehead atoms. The number of carbonyl (C=O) groups excluding carboxylic acids is 1. The Morgan fingerprint density at radius 1 is 1.29 bits per heavy atom. The summed E-state index contributed by atoms with van der Waals surface area (Å²) in [5.41, 5.74) is -0.407. The Balaban J connectivity index is 2.34. The number of anilines is 1. The molecular formula is C15H19N5O4. The Labute approximate surface area is 137 Å². The molecule has 0 radical (unpaired) electrons. The second kappa shape index (κ2) is 5.91. The molecule has 0 aliphatic rings. The third kappa shape index (κ3) is 2.92. The van der Waals surface area contributed by atoms with Crippen LogP contribution in [-0.2, 0) is 17.4 Å². The zero-order valence-corrected chi connectivity index (χ0v) is 14.1. The van der Waals surface area contributed by atoms with Gasteiger partial charge in [-0.2, -0.15) is 10.2 Å². The van der Waals surface area contributed by atoms with Crippen molar-refractivity contribution in [3.63, 3.8) is 0 Å². The Kier molecular flexibility index (Phi) is 4.28. The maximum atomic E-state index is 12.4. The molecule has 0 aromatic carbocycles. The summed E-state index contributed by atoms with van der Waals surface area (Å²) in [7, 11) is 1.47. The van der Waals surface area contributed by atoms with Gasteiger partial charge < -0.3 is 10.4 Å².